The van der Waals surface area contributed by atoms with Gasteiger partial charge < -0.3 is 19.3 Å². The van der Waals surface area contributed by atoms with Crippen molar-refractivity contribution in [3.63, 3.8) is 0 Å². The maximum atomic E-state index is 11.6. The summed E-state index contributed by atoms with van der Waals surface area (Å²) >= 11 is 0. The second-order valence-electron chi connectivity index (χ2n) is 5.23. The van der Waals surface area contributed by atoms with Crippen molar-refractivity contribution in [2.75, 3.05) is 7.11 Å². The molecule has 22 heavy (non-hydrogen) atoms. The number of esters is 1. The maximum absolute atomic E-state index is 11.6. The Bertz CT molecular complexity index is 574. The van der Waals surface area contributed by atoms with E-state index in [2.05, 4.69) is 5.32 Å². The van der Waals surface area contributed by atoms with Crippen molar-refractivity contribution in [1.82, 2.24) is 5.32 Å². The third kappa shape index (κ3) is 6.17. The molecule has 0 atom stereocenters. The Balaban J connectivity index is 2.52. The van der Waals surface area contributed by atoms with E-state index in [-0.39, 0.29) is 17.2 Å². The van der Waals surface area contributed by atoms with Gasteiger partial charge in [0.15, 0.2) is 11.5 Å². The van der Waals surface area contributed by atoms with Crippen LogP contribution in [0, 0.1) is 0 Å². The van der Waals surface area contributed by atoms with Crippen molar-refractivity contribution in [3.8, 4) is 17.2 Å². The van der Waals surface area contributed by atoms with Gasteiger partial charge in [0.1, 0.15) is 11.4 Å². The van der Waals surface area contributed by atoms with E-state index in [1.165, 1.54) is 25.3 Å². The summed E-state index contributed by atoms with van der Waals surface area (Å²) in [5, 5.41) is 11.7. The highest BCUT2D eigenvalue weighted by atomic mass is 16.6. The summed E-state index contributed by atoms with van der Waals surface area (Å²) in [5.74, 6) is -0.393. The Morgan fingerprint density at radius 3 is 2.55 bits per heavy atom. The van der Waals surface area contributed by atoms with E-state index in [0.717, 1.165) is 12.3 Å². The fourth-order valence-electron chi connectivity index (χ4n) is 1.36. The van der Waals surface area contributed by atoms with Gasteiger partial charge in [0.05, 0.1) is 7.11 Å². The van der Waals surface area contributed by atoms with E-state index in [9.17, 15) is 14.7 Å². The molecule has 0 aliphatic heterocycles. The van der Waals surface area contributed by atoms with Crippen molar-refractivity contribution in [3.05, 3.63) is 30.5 Å². The number of carbonyl (C=O) groups is 2. The zero-order chi connectivity index (χ0) is 16.8. The molecule has 0 bridgehead atoms. The lowest BCUT2D eigenvalue weighted by atomic mass is 10.2. The number of methoxy groups -OCH3 is 1. The molecule has 0 heterocycles. The van der Waals surface area contributed by atoms with E-state index in [4.69, 9.17) is 14.2 Å². The minimum Gasteiger partial charge on any atom is -0.504 e. The van der Waals surface area contributed by atoms with Gasteiger partial charge in [0.25, 0.3) is 0 Å². The molecule has 0 unspecified atom stereocenters. The lowest BCUT2D eigenvalue weighted by molar-refractivity contribution is -0.129. The first-order chi connectivity index (χ1) is 10.2. The van der Waals surface area contributed by atoms with Gasteiger partial charge in [-0.2, -0.15) is 0 Å². The molecule has 120 valence electrons. The smallest absolute Gasteiger partial charge is 0.411 e. The zero-order valence-corrected chi connectivity index (χ0v) is 12.9. The molecule has 0 aromatic heterocycles. The van der Waals surface area contributed by atoms with Crippen molar-refractivity contribution < 1.29 is 28.9 Å². The normalized spacial score (nSPS) is 11.1. The Morgan fingerprint density at radius 2 is 1.95 bits per heavy atom. The molecule has 0 saturated heterocycles. The number of amides is 1. The predicted molar refractivity (Wildman–Crippen MR) is 78.8 cm³/mol. The number of phenols is 1. The highest BCUT2D eigenvalue weighted by molar-refractivity contribution is 5.84. The molecule has 1 aromatic rings. The van der Waals surface area contributed by atoms with Gasteiger partial charge >= 0.3 is 12.1 Å². The molecule has 1 amide bonds. The van der Waals surface area contributed by atoms with Crippen molar-refractivity contribution in [1.29, 1.82) is 0 Å². The minimum atomic E-state index is -0.705. The minimum absolute atomic E-state index is 0.0653. The second kappa shape index (κ2) is 7.35. The monoisotopic (exact) mass is 309 g/mol. The average Bonchev–Trinajstić information content (AvgIpc) is 2.38. The summed E-state index contributed by atoms with van der Waals surface area (Å²) in [6.45, 7) is 5.17. The van der Waals surface area contributed by atoms with Crippen LogP contribution in [0.1, 0.15) is 20.8 Å². The van der Waals surface area contributed by atoms with Crippen LogP contribution >= 0.6 is 0 Å². The van der Waals surface area contributed by atoms with Crippen LogP contribution in [0.3, 0.4) is 0 Å². The Hall–Kier alpha value is -2.70. The SMILES string of the molecule is COc1cc(OC(=O)/C=C/NC(=O)OC(C)(C)C)ccc1O. The number of hydrogen-bond donors (Lipinski definition) is 2. The third-order valence-corrected chi connectivity index (χ3v) is 2.19. The number of benzene rings is 1. The largest absolute Gasteiger partial charge is 0.504 e. The van der Waals surface area contributed by atoms with Gasteiger partial charge in [0, 0.05) is 18.3 Å². The van der Waals surface area contributed by atoms with E-state index < -0.39 is 17.7 Å². The molecule has 2 N–H and O–H groups in total. The maximum Gasteiger partial charge on any atom is 0.411 e. The third-order valence-electron chi connectivity index (χ3n) is 2.19. The molecule has 0 aliphatic carbocycles. The number of carbonyl (C=O) groups excluding carboxylic acids is 2. The first-order valence-corrected chi connectivity index (χ1v) is 6.46. The van der Waals surface area contributed by atoms with Gasteiger partial charge in [-0.3, -0.25) is 5.32 Å². The molecule has 0 fully saturated rings. The number of ether oxygens (including phenoxy) is 3. The lowest BCUT2D eigenvalue weighted by Gasteiger charge is -2.18. The predicted octanol–water partition coefficient (Wildman–Crippen LogP) is 2.34. The van der Waals surface area contributed by atoms with Gasteiger partial charge in [-0.1, -0.05) is 0 Å². The molecule has 0 aliphatic rings. The van der Waals surface area contributed by atoms with Gasteiger partial charge in [0.2, 0.25) is 0 Å². The first kappa shape index (κ1) is 17.4. The number of alkyl carbamates (subject to hydrolysis) is 1. The van der Waals surface area contributed by atoms with Crippen LogP contribution in [-0.4, -0.2) is 29.9 Å². The Kier molecular flexibility index (Phi) is 5.80. The number of aromatic hydroxyl groups is 1. The van der Waals surface area contributed by atoms with Crippen LogP contribution in [0.15, 0.2) is 30.5 Å². The standard InChI is InChI=1S/C15H19NO6/c1-15(2,3)22-14(19)16-8-7-13(18)21-10-5-6-11(17)12(9-10)20-4/h5-9,17H,1-4H3,(H,16,19)/b8-7+. The van der Waals surface area contributed by atoms with Crippen LogP contribution < -0.4 is 14.8 Å². The number of phenolic OH excluding ortho intramolecular Hbond substituents is 1. The number of hydrogen-bond acceptors (Lipinski definition) is 6. The molecular formula is C15H19NO6. The van der Waals surface area contributed by atoms with Crippen molar-refractivity contribution in [2.45, 2.75) is 26.4 Å². The number of rotatable bonds is 4. The summed E-state index contributed by atoms with van der Waals surface area (Å²) in [6, 6.07) is 4.11. The van der Waals surface area contributed by atoms with Crippen molar-refractivity contribution in [2.24, 2.45) is 0 Å². The topological polar surface area (TPSA) is 94.1 Å². The molecular weight excluding hydrogens is 290 g/mol. The molecule has 7 heteroatoms. The Morgan fingerprint density at radius 1 is 1.27 bits per heavy atom. The van der Waals surface area contributed by atoms with Crippen molar-refractivity contribution >= 4 is 12.1 Å². The van der Waals surface area contributed by atoms with Gasteiger partial charge in [-0.25, -0.2) is 9.59 Å². The lowest BCUT2D eigenvalue weighted by Crippen LogP contribution is -2.29. The van der Waals surface area contributed by atoms with Crippen LogP contribution in [0.5, 0.6) is 17.2 Å². The average molecular weight is 309 g/mol. The molecule has 0 radical (unpaired) electrons. The highest BCUT2D eigenvalue weighted by Crippen LogP contribution is 2.29. The zero-order valence-electron chi connectivity index (χ0n) is 12.9. The molecule has 0 saturated carbocycles. The fraction of sp³-hybridized carbons (Fsp3) is 0.333. The fourth-order valence-corrected chi connectivity index (χ4v) is 1.36. The van der Waals surface area contributed by atoms with Crippen LogP contribution in [0.4, 0.5) is 4.79 Å². The summed E-state index contributed by atoms with van der Waals surface area (Å²) in [5.41, 5.74) is -0.624. The molecule has 0 spiro atoms. The quantitative estimate of drug-likeness (QED) is 0.504. The summed E-state index contributed by atoms with van der Waals surface area (Å²) in [4.78, 5) is 22.9. The van der Waals surface area contributed by atoms with Gasteiger partial charge in [-0.15, -0.1) is 0 Å². The highest BCUT2D eigenvalue weighted by Gasteiger charge is 2.15. The van der Waals surface area contributed by atoms with E-state index in [1.54, 1.807) is 20.8 Å². The second-order valence-corrected chi connectivity index (χ2v) is 5.23. The van der Waals surface area contributed by atoms with E-state index in [0.29, 0.717) is 0 Å². The summed E-state index contributed by atoms with van der Waals surface area (Å²) in [7, 11) is 1.38. The van der Waals surface area contributed by atoms with Crippen LogP contribution in [0.25, 0.3) is 0 Å². The van der Waals surface area contributed by atoms with Crippen LogP contribution in [0.2, 0.25) is 0 Å². The molecule has 1 rings (SSSR count). The van der Waals surface area contributed by atoms with Crippen LogP contribution in [-0.2, 0) is 9.53 Å². The summed E-state index contributed by atoms with van der Waals surface area (Å²) < 4.78 is 14.9. The Labute approximate surface area is 128 Å². The summed E-state index contributed by atoms with van der Waals surface area (Å²) in [6.07, 6.45) is 1.47. The molecule has 1 aromatic carbocycles. The van der Waals surface area contributed by atoms with Gasteiger partial charge in [-0.05, 0) is 32.9 Å². The first-order valence-electron chi connectivity index (χ1n) is 6.46. The van der Waals surface area contributed by atoms with E-state index >= 15 is 0 Å². The number of nitrogens with one attached hydrogen (secondary N) is 1. The molecule has 7 nitrogen and oxygen atoms in total. The van der Waals surface area contributed by atoms with E-state index in [1.807, 2.05) is 0 Å².